The molecule has 0 aliphatic heterocycles. The Labute approximate surface area is 251 Å². The van der Waals surface area contributed by atoms with Crippen LogP contribution >= 0.6 is 0 Å². The van der Waals surface area contributed by atoms with Crippen LogP contribution in [0.3, 0.4) is 0 Å². The summed E-state index contributed by atoms with van der Waals surface area (Å²) in [6.45, 7) is 3.74. The topological polar surface area (TPSA) is 86.8 Å². The van der Waals surface area contributed by atoms with Gasteiger partial charge in [-0.05, 0) is 48.9 Å². The van der Waals surface area contributed by atoms with Crippen LogP contribution in [-0.2, 0) is 39.0 Å². The van der Waals surface area contributed by atoms with Gasteiger partial charge in [-0.3, -0.25) is 13.9 Å². The fraction of sp³-hybridized carbons (Fsp3) is 0.412. The van der Waals surface area contributed by atoms with E-state index < -0.39 is 28.5 Å². The van der Waals surface area contributed by atoms with Gasteiger partial charge in [0.1, 0.15) is 12.6 Å². The molecule has 0 spiro atoms. The molecule has 224 valence electrons. The van der Waals surface area contributed by atoms with Crippen molar-refractivity contribution in [3.05, 3.63) is 101 Å². The Bertz CT molecular complexity index is 1440. The zero-order valence-corrected chi connectivity index (χ0v) is 25.8. The van der Waals surface area contributed by atoms with Crippen LogP contribution < -0.4 is 9.62 Å². The predicted octanol–water partition coefficient (Wildman–Crippen LogP) is 5.41. The molecule has 1 saturated carbocycles. The number of nitrogens with one attached hydrogen (secondary N) is 1. The van der Waals surface area contributed by atoms with E-state index in [-0.39, 0.29) is 18.5 Å². The Morgan fingerprint density at radius 1 is 0.881 bits per heavy atom. The van der Waals surface area contributed by atoms with Crippen molar-refractivity contribution in [2.75, 3.05) is 17.1 Å². The number of sulfonamides is 1. The minimum atomic E-state index is -3.80. The molecule has 0 heterocycles. The molecule has 1 N–H and O–H groups in total. The largest absolute Gasteiger partial charge is 0.352 e. The summed E-state index contributed by atoms with van der Waals surface area (Å²) >= 11 is 0. The second-order valence-electron chi connectivity index (χ2n) is 11.3. The highest BCUT2D eigenvalue weighted by Crippen LogP contribution is 2.25. The number of nitrogens with zero attached hydrogens (tertiary/aromatic N) is 2. The van der Waals surface area contributed by atoms with E-state index in [2.05, 4.69) is 5.32 Å². The number of anilines is 1. The first-order valence-electron chi connectivity index (χ1n) is 14.9. The molecule has 3 aromatic rings. The lowest BCUT2D eigenvalue weighted by Gasteiger charge is -2.35. The smallest absolute Gasteiger partial charge is 0.244 e. The molecule has 0 aromatic heterocycles. The first-order valence-corrected chi connectivity index (χ1v) is 16.8. The van der Waals surface area contributed by atoms with Crippen LogP contribution in [0.5, 0.6) is 0 Å². The summed E-state index contributed by atoms with van der Waals surface area (Å²) in [7, 11) is -3.80. The van der Waals surface area contributed by atoms with E-state index in [1.54, 1.807) is 17.0 Å². The van der Waals surface area contributed by atoms with Crippen molar-refractivity contribution < 1.29 is 18.0 Å². The summed E-state index contributed by atoms with van der Waals surface area (Å²) in [5, 5.41) is 3.24. The molecule has 1 atom stereocenters. The number of benzene rings is 3. The molecule has 1 fully saturated rings. The molecular weight excluding hydrogens is 546 g/mol. The molecule has 42 heavy (non-hydrogen) atoms. The first-order chi connectivity index (χ1) is 20.2. The minimum absolute atomic E-state index is 0.0739. The van der Waals surface area contributed by atoms with Gasteiger partial charge in [-0.25, -0.2) is 8.42 Å². The third kappa shape index (κ3) is 8.44. The SMILES string of the molecule is CCc1ccccc1N(CC(=O)N(Cc1ccc(C)cc1)[C@H](Cc1ccccc1)C(=O)NC1CCCCC1)S(C)(=O)=O. The van der Waals surface area contributed by atoms with Gasteiger partial charge in [0.2, 0.25) is 21.8 Å². The third-order valence-corrected chi connectivity index (χ3v) is 9.14. The van der Waals surface area contributed by atoms with Crippen LogP contribution in [0.4, 0.5) is 5.69 Å². The van der Waals surface area contributed by atoms with Gasteiger partial charge in [0.25, 0.3) is 0 Å². The second kappa shape index (κ2) is 14.5. The Balaban J connectivity index is 1.73. The molecule has 1 aliphatic carbocycles. The second-order valence-corrected chi connectivity index (χ2v) is 13.2. The summed E-state index contributed by atoms with van der Waals surface area (Å²) in [6, 6.07) is 24.0. The standard InChI is InChI=1S/C34H43N3O4S/c1-4-29-15-11-12-18-31(29)37(42(3,40)41)25-33(38)36(24-28-21-19-26(2)20-22-28)32(23-27-13-7-5-8-14-27)34(39)35-30-16-9-6-10-17-30/h5,7-8,11-15,18-22,30,32H,4,6,9-10,16-17,23-25H2,1-3H3,(H,35,39)/t32-/m1/s1. The number of hydrogen-bond donors (Lipinski definition) is 1. The number of carbonyl (C=O) groups excluding carboxylic acids is 2. The Morgan fingerprint density at radius 2 is 1.52 bits per heavy atom. The molecule has 7 nitrogen and oxygen atoms in total. The lowest BCUT2D eigenvalue weighted by Crippen LogP contribution is -2.55. The monoisotopic (exact) mass is 589 g/mol. The molecular formula is C34H43N3O4S. The van der Waals surface area contributed by atoms with Crippen molar-refractivity contribution in [3.63, 3.8) is 0 Å². The van der Waals surface area contributed by atoms with Crippen molar-refractivity contribution >= 4 is 27.5 Å². The molecule has 3 aromatic carbocycles. The highest BCUT2D eigenvalue weighted by Gasteiger charge is 2.34. The normalized spacial score (nSPS) is 14.6. The predicted molar refractivity (Wildman–Crippen MR) is 169 cm³/mol. The Kier molecular flexibility index (Phi) is 10.8. The zero-order chi connectivity index (χ0) is 30.1. The van der Waals surface area contributed by atoms with E-state index in [1.807, 2.05) is 80.6 Å². The highest BCUT2D eigenvalue weighted by molar-refractivity contribution is 7.92. The average Bonchev–Trinajstić information content (AvgIpc) is 2.99. The van der Waals surface area contributed by atoms with Crippen molar-refractivity contribution in [3.8, 4) is 0 Å². The maximum atomic E-state index is 14.3. The summed E-state index contributed by atoms with van der Waals surface area (Å²) in [4.78, 5) is 29.9. The quantitative estimate of drug-likeness (QED) is 0.306. The maximum Gasteiger partial charge on any atom is 0.244 e. The summed E-state index contributed by atoms with van der Waals surface area (Å²) < 4.78 is 27.4. The van der Waals surface area contributed by atoms with Crippen LogP contribution in [0, 0.1) is 6.92 Å². The Morgan fingerprint density at radius 3 is 2.17 bits per heavy atom. The van der Waals surface area contributed by atoms with Gasteiger partial charge >= 0.3 is 0 Å². The molecule has 0 saturated heterocycles. The molecule has 1 aliphatic rings. The number of hydrogen-bond acceptors (Lipinski definition) is 4. The van der Waals surface area contributed by atoms with Crippen molar-refractivity contribution in [2.24, 2.45) is 0 Å². The van der Waals surface area contributed by atoms with E-state index in [1.165, 1.54) is 10.7 Å². The number of rotatable bonds is 12. The van der Waals surface area contributed by atoms with E-state index >= 15 is 0 Å². The van der Waals surface area contributed by atoms with Crippen LogP contribution in [0.1, 0.15) is 61.3 Å². The Hall–Kier alpha value is -3.65. The summed E-state index contributed by atoms with van der Waals surface area (Å²) in [5.74, 6) is -0.627. The maximum absolute atomic E-state index is 14.3. The average molecular weight is 590 g/mol. The summed E-state index contributed by atoms with van der Waals surface area (Å²) in [5.41, 5.74) is 4.21. The van der Waals surface area contributed by atoms with Gasteiger partial charge in [-0.15, -0.1) is 0 Å². The highest BCUT2D eigenvalue weighted by atomic mass is 32.2. The lowest BCUT2D eigenvalue weighted by atomic mass is 9.94. The van der Waals surface area contributed by atoms with Gasteiger partial charge in [0, 0.05) is 19.0 Å². The van der Waals surface area contributed by atoms with Crippen LogP contribution in [0.15, 0.2) is 78.9 Å². The van der Waals surface area contributed by atoms with E-state index in [0.717, 1.165) is 54.2 Å². The van der Waals surface area contributed by atoms with Crippen LogP contribution in [-0.4, -0.2) is 50.0 Å². The van der Waals surface area contributed by atoms with E-state index in [4.69, 9.17) is 0 Å². The van der Waals surface area contributed by atoms with Gasteiger partial charge < -0.3 is 10.2 Å². The third-order valence-electron chi connectivity index (χ3n) is 8.02. The summed E-state index contributed by atoms with van der Waals surface area (Å²) in [6.07, 6.45) is 7.20. The lowest BCUT2D eigenvalue weighted by molar-refractivity contribution is -0.140. The number of aryl methyl sites for hydroxylation is 2. The van der Waals surface area contributed by atoms with Crippen molar-refractivity contribution in [2.45, 2.75) is 77.4 Å². The van der Waals surface area contributed by atoms with E-state index in [9.17, 15) is 18.0 Å². The molecule has 4 rings (SSSR count). The molecule has 0 radical (unpaired) electrons. The fourth-order valence-electron chi connectivity index (χ4n) is 5.64. The van der Waals surface area contributed by atoms with Crippen molar-refractivity contribution in [1.29, 1.82) is 0 Å². The molecule has 2 amide bonds. The zero-order valence-electron chi connectivity index (χ0n) is 25.0. The van der Waals surface area contributed by atoms with Crippen LogP contribution in [0.2, 0.25) is 0 Å². The van der Waals surface area contributed by atoms with Gasteiger partial charge in [-0.1, -0.05) is 105 Å². The van der Waals surface area contributed by atoms with Crippen molar-refractivity contribution in [1.82, 2.24) is 10.2 Å². The van der Waals surface area contributed by atoms with Gasteiger partial charge in [-0.2, -0.15) is 0 Å². The van der Waals surface area contributed by atoms with Gasteiger partial charge in [0.15, 0.2) is 0 Å². The number of carbonyl (C=O) groups is 2. The first kappa shape index (κ1) is 31.3. The molecule has 8 heteroatoms. The fourth-order valence-corrected chi connectivity index (χ4v) is 6.52. The minimum Gasteiger partial charge on any atom is -0.352 e. The number of amides is 2. The molecule has 0 unspecified atom stereocenters. The van der Waals surface area contributed by atoms with Gasteiger partial charge in [0.05, 0.1) is 11.9 Å². The number of para-hydroxylation sites is 1. The van der Waals surface area contributed by atoms with Crippen LogP contribution in [0.25, 0.3) is 0 Å². The van der Waals surface area contributed by atoms with E-state index in [0.29, 0.717) is 18.5 Å². The molecule has 0 bridgehead atoms.